The Bertz CT molecular complexity index is 330. The van der Waals surface area contributed by atoms with Gasteiger partial charge in [0.25, 0.3) is 0 Å². The predicted octanol–water partition coefficient (Wildman–Crippen LogP) is 3.09. The first-order chi connectivity index (χ1) is 7.59. The summed E-state index contributed by atoms with van der Waals surface area (Å²) in [7, 11) is 0. The largest absolute Gasteiger partial charge is 0.393 e. The van der Waals surface area contributed by atoms with E-state index in [2.05, 4.69) is 0 Å². The molecule has 0 aliphatic rings. The van der Waals surface area contributed by atoms with Crippen molar-refractivity contribution in [2.45, 2.75) is 32.0 Å². The normalized spacial score (nSPS) is 15.2. The van der Waals surface area contributed by atoms with Crippen molar-refractivity contribution in [2.24, 2.45) is 0 Å². The third-order valence-electron chi connectivity index (χ3n) is 2.26. The molecular weight excluding hydrogens is 224 g/mol. The number of halogens is 1. The van der Waals surface area contributed by atoms with E-state index < -0.39 is 6.10 Å². The molecule has 0 spiro atoms. The Morgan fingerprint density at radius 1 is 1.12 bits per heavy atom. The molecule has 0 fully saturated rings. The topological polar surface area (TPSA) is 40.5 Å². The zero-order valence-electron chi connectivity index (χ0n) is 9.31. The fourth-order valence-electron chi connectivity index (χ4n) is 1.34. The maximum Gasteiger partial charge on any atom is 0.0824 e. The van der Waals surface area contributed by atoms with Gasteiger partial charge in [0.05, 0.1) is 12.2 Å². The zero-order valence-corrected chi connectivity index (χ0v) is 10.1. The van der Waals surface area contributed by atoms with Gasteiger partial charge in [-0.15, -0.1) is 0 Å². The molecule has 0 heterocycles. The van der Waals surface area contributed by atoms with Crippen molar-refractivity contribution in [3.8, 4) is 0 Å². The van der Waals surface area contributed by atoms with Crippen molar-refractivity contribution in [3.05, 3.63) is 47.0 Å². The van der Waals surface area contributed by atoms with Crippen LogP contribution in [-0.2, 0) is 0 Å². The summed E-state index contributed by atoms with van der Waals surface area (Å²) in [6, 6.07) is 7.16. The van der Waals surface area contributed by atoms with E-state index in [9.17, 15) is 5.11 Å². The second-order valence-corrected chi connectivity index (χ2v) is 4.30. The molecule has 3 heteroatoms. The molecule has 0 aromatic heterocycles. The van der Waals surface area contributed by atoms with Crippen molar-refractivity contribution >= 4 is 11.6 Å². The van der Waals surface area contributed by atoms with Crippen molar-refractivity contribution in [1.82, 2.24) is 0 Å². The Hall–Kier alpha value is -0.830. The number of hydrogen-bond acceptors (Lipinski definition) is 2. The third kappa shape index (κ3) is 4.79. The minimum Gasteiger partial charge on any atom is -0.393 e. The van der Waals surface area contributed by atoms with Crippen LogP contribution >= 0.6 is 11.6 Å². The standard InChI is InChI=1S/C13H17ClO2/c1-10(15)4-2-3-5-13(16)11-6-8-12(14)9-7-11/h2-3,6-10,13,15-16H,4-5H2,1H3/b3-2-/t10-,13+/m1/s1. The van der Waals surface area contributed by atoms with Crippen LogP contribution < -0.4 is 0 Å². The summed E-state index contributed by atoms with van der Waals surface area (Å²) in [6.07, 6.45) is 4.09. The second kappa shape index (κ2) is 6.69. The average molecular weight is 241 g/mol. The molecule has 0 aliphatic heterocycles. The molecule has 1 aromatic carbocycles. The smallest absolute Gasteiger partial charge is 0.0824 e. The fourth-order valence-corrected chi connectivity index (χ4v) is 1.47. The molecule has 0 saturated carbocycles. The lowest BCUT2D eigenvalue weighted by atomic mass is 10.1. The van der Waals surface area contributed by atoms with Gasteiger partial charge in [-0.1, -0.05) is 35.9 Å². The lowest BCUT2D eigenvalue weighted by Gasteiger charge is -2.08. The monoisotopic (exact) mass is 240 g/mol. The number of aliphatic hydroxyl groups excluding tert-OH is 2. The SMILES string of the molecule is C[C@@H](O)C/C=C\C[C@H](O)c1ccc(Cl)cc1. The molecule has 88 valence electrons. The van der Waals surface area contributed by atoms with Crippen LogP contribution in [0.2, 0.25) is 5.02 Å². The van der Waals surface area contributed by atoms with Crippen molar-refractivity contribution < 1.29 is 10.2 Å². The van der Waals surface area contributed by atoms with Gasteiger partial charge in [-0.05, 0) is 37.5 Å². The summed E-state index contributed by atoms with van der Waals surface area (Å²) in [5.74, 6) is 0. The minimum absolute atomic E-state index is 0.330. The lowest BCUT2D eigenvalue weighted by Crippen LogP contribution is -1.97. The molecule has 0 bridgehead atoms. The summed E-state index contributed by atoms with van der Waals surface area (Å²) in [6.45, 7) is 1.74. The highest BCUT2D eigenvalue weighted by atomic mass is 35.5. The maximum absolute atomic E-state index is 9.82. The molecule has 2 nitrogen and oxygen atoms in total. The van der Waals surface area contributed by atoms with E-state index in [0.29, 0.717) is 17.9 Å². The quantitative estimate of drug-likeness (QED) is 0.777. The van der Waals surface area contributed by atoms with Gasteiger partial charge in [0.15, 0.2) is 0 Å². The number of rotatable bonds is 5. The third-order valence-corrected chi connectivity index (χ3v) is 2.51. The molecule has 0 radical (unpaired) electrons. The molecule has 0 amide bonds. The van der Waals surface area contributed by atoms with Gasteiger partial charge in [-0.25, -0.2) is 0 Å². The van der Waals surface area contributed by atoms with Gasteiger partial charge in [0, 0.05) is 5.02 Å². The fraction of sp³-hybridized carbons (Fsp3) is 0.385. The van der Waals surface area contributed by atoms with Crippen LogP contribution in [0.1, 0.15) is 31.4 Å². The van der Waals surface area contributed by atoms with Gasteiger partial charge in [-0.3, -0.25) is 0 Å². The summed E-state index contributed by atoms with van der Waals surface area (Å²) < 4.78 is 0. The molecule has 2 atom stereocenters. The van der Waals surface area contributed by atoms with Crippen LogP contribution in [0.15, 0.2) is 36.4 Å². The van der Waals surface area contributed by atoms with E-state index in [1.807, 2.05) is 24.3 Å². The molecule has 0 saturated heterocycles. The van der Waals surface area contributed by atoms with Crippen LogP contribution in [0.4, 0.5) is 0 Å². The van der Waals surface area contributed by atoms with E-state index in [1.165, 1.54) is 0 Å². The first-order valence-corrected chi connectivity index (χ1v) is 5.74. The Balaban J connectivity index is 2.43. The highest BCUT2D eigenvalue weighted by molar-refractivity contribution is 6.30. The van der Waals surface area contributed by atoms with Gasteiger partial charge < -0.3 is 10.2 Å². The number of aliphatic hydroxyl groups is 2. The first kappa shape index (κ1) is 13.2. The van der Waals surface area contributed by atoms with Gasteiger partial charge in [0.2, 0.25) is 0 Å². The lowest BCUT2D eigenvalue weighted by molar-refractivity contribution is 0.180. The van der Waals surface area contributed by atoms with Crippen LogP contribution in [0.3, 0.4) is 0 Å². The molecular formula is C13H17ClO2. The highest BCUT2D eigenvalue weighted by Gasteiger charge is 2.04. The molecule has 0 unspecified atom stereocenters. The molecule has 1 aromatic rings. The van der Waals surface area contributed by atoms with Gasteiger partial charge >= 0.3 is 0 Å². The Labute approximate surface area is 101 Å². The Kier molecular flexibility index (Phi) is 5.53. The van der Waals surface area contributed by atoms with Crippen molar-refractivity contribution in [3.63, 3.8) is 0 Å². The van der Waals surface area contributed by atoms with Crippen LogP contribution in [-0.4, -0.2) is 16.3 Å². The average Bonchev–Trinajstić information content (AvgIpc) is 2.25. The van der Waals surface area contributed by atoms with Crippen LogP contribution in [0.25, 0.3) is 0 Å². The number of hydrogen-bond donors (Lipinski definition) is 2. The molecule has 0 aliphatic carbocycles. The molecule has 16 heavy (non-hydrogen) atoms. The molecule has 2 N–H and O–H groups in total. The minimum atomic E-state index is -0.512. The van der Waals surface area contributed by atoms with E-state index in [4.69, 9.17) is 16.7 Å². The van der Waals surface area contributed by atoms with Gasteiger partial charge in [-0.2, -0.15) is 0 Å². The molecule has 1 rings (SSSR count). The highest BCUT2D eigenvalue weighted by Crippen LogP contribution is 2.19. The van der Waals surface area contributed by atoms with Crippen molar-refractivity contribution in [2.75, 3.05) is 0 Å². The first-order valence-electron chi connectivity index (χ1n) is 5.36. The summed E-state index contributed by atoms with van der Waals surface area (Å²) in [5, 5.41) is 19.5. The van der Waals surface area contributed by atoms with E-state index in [1.54, 1.807) is 19.1 Å². The van der Waals surface area contributed by atoms with E-state index >= 15 is 0 Å². The Morgan fingerprint density at radius 3 is 2.25 bits per heavy atom. The van der Waals surface area contributed by atoms with Crippen molar-refractivity contribution in [1.29, 1.82) is 0 Å². The van der Waals surface area contributed by atoms with Crippen LogP contribution in [0, 0.1) is 0 Å². The number of benzene rings is 1. The van der Waals surface area contributed by atoms with Gasteiger partial charge in [0.1, 0.15) is 0 Å². The Morgan fingerprint density at radius 2 is 1.69 bits per heavy atom. The van der Waals surface area contributed by atoms with E-state index in [-0.39, 0.29) is 6.10 Å². The summed E-state index contributed by atoms with van der Waals surface area (Å²) in [4.78, 5) is 0. The predicted molar refractivity (Wildman–Crippen MR) is 66.5 cm³/mol. The summed E-state index contributed by atoms with van der Waals surface area (Å²) in [5.41, 5.74) is 0.853. The van der Waals surface area contributed by atoms with E-state index in [0.717, 1.165) is 5.56 Å². The maximum atomic E-state index is 9.82. The second-order valence-electron chi connectivity index (χ2n) is 3.86. The van der Waals surface area contributed by atoms with Crippen LogP contribution in [0.5, 0.6) is 0 Å². The zero-order chi connectivity index (χ0) is 12.0. The summed E-state index contributed by atoms with van der Waals surface area (Å²) >= 11 is 5.75.